The Kier molecular flexibility index (Phi) is 4.98. The second kappa shape index (κ2) is 7.14. The number of fused-ring (bicyclic) bond motifs is 1. The molecule has 0 saturated carbocycles. The molecule has 0 radical (unpaired) electrons. The zero-order chi connectivity index (χ0) is 15.4. The van der Waals surface area contributed by atoms with Crippen molar-refractivity contribution in [3.63, 3.8) is 0 Å². The molecular weight excluding hydrogens is 276 g/mol. The van der Waals surface area contributed by atoms with Crippen molar-refractivity contribution in [1.82, 2.24) is 10.2 Å². The molecule has 4 nitrogen and oxygen atoms in total. The molecule has 1 amide bonds. The number of ether oxygens (including phenoxy) is 1. The number of likely N-dealkylation sites (N-methyl/N-ethyl adjacent to an activating group) is 1. The van der Waals surface area contributed by atoms with Crippen molar-refractivity contribution in [3.05, 3.63) is 29.3 Å². The van der Waals surface area contributed by atoms with E-state index in [2.05, 4.69) is 29.3 Å². The molecule has 22 heavy (non-hydrogen) atoms. The third kappa shape index (κ3) is 3.61. The molecule has 3 rings (SSSR count). The van der Waals surface area contributed by atoms with Gasteiger partial charge in [-0.25, -0.2) is 0 Å². The summed E-state index contributed by atoms with van der Waals surface area (Å²) < 4.78 is 5.64. The average molecular weight is 302 g/mol. The highest BCUT2D eigenvalue weighted by Gasteiger charge is 2.23. The number of carbonyl (C=O) groups excluding carboxylic acids is 1. The molecule has 1 saturated heterocycles. The molecule has 1 aromatic carbocycles. The van der Waals surface area contributed by atoms with Gasteiger partial charge in [0.1, 0.15) is 5.75 Å². The molecule has 2 aliphatic rings. The van der Waals surface area contributed by atoms with E-state index in [0.29, 0.717) is 6.04 Å². The fourth-order valence-electron chi connectivity index (χ4n) is 3.61. The van der Waals surface area contributed by atoms with E-state index in [0.717, 1.165) is 31.8 Å². The van der Waals surface area contributed by atoms with Crippen LogP contribution >= 0.6 is 0 Å². The number of amides is 1. The van der Waals surface area contributed by atoms with Gasteiger partial charge < -0.3 is 10.1 Å². The summed E-state index contributed by atoms with van der Waals surface area (Å²) in [5.41, 5.74) is 2.81. The molecule has 1 heterocycles. The summed E-state index contributed by atoms with van der Waals surface area (Å²) in [6.07, 6.45) is 5.95. The van der Waals surface area contributed by atoms with Crippen molar-refractivity contribution in [2.75, 3.05) is 26.2 Å². The molecule has 4 heteroatoms. The molecule has 1 aliphatic heterocycles. The van der Waals surface area contributed by atoms with Gasteiger partial charge in [-0.1, -0.05) is 13.0 Å². The van der Waals surface area contributed by atoms with E-state index < -0.39 is 0 Å². The summed E-state index contributed by atoms with van der Waals surface area (Å²) in [4.78, 5) is 14.4. The summed E-state index contributed by atoms with van der Waals surface area (Å²) in [6, 6.07) is 6.69. The zero-order valence-electron chi connectivity index (χ0n) is 13.4. The first-order chi connectivity index (χ1) is 10.8. The van der Waals surface area contributed by atoms with Crippen LogP contribution in [0.4, 0.5) is 0 Å². The third-order valence-electron chi connectivity index (χ3n) is 4.88. The van der Waals surface area contributed by atoms with Gasteiger partial charge in [0, 0.05) is 12.6 Å². The first-order valence-electron chi connectivity index (χ1n) is 8.51. The normalized spacial score (nSPS) is 20.9. The van der Waals surface area contributed by atoms with E-state index in [9.17, 15) is 4.79 Å². The summed E-state index contributed by atoms with van der Waals surface area (Å²) in [5, 5.41) is 3.01. The lowest BCUT2D eigenvalue weighted by molar-refractivity contribution is -0.123. The number of carbonyl (C=O) groups is 1. The van der Waals surface area contributed by atoms with Crippen molar-refractivity contribution >= 4 is 5.91 Å². The highest BCUT2D eigenvalue weighted by molar-refractivity contribution is 5.77. The first kappa shape index (κ1) is 15.3. The quantitative estimate of drug-likeness (QED) is 0.875. The number of likely N-dealkylation sites (tertiary alicyclic amines) is 1. The largest absolute Gasteiger partial charge is 0.484 e. The van der Waals surface area contributed by atoms with Crippen LogP contribution in [0.3, 0.4) is 0 Å². The number of hydrogen-bond acceptors (Lipinski definition) is 3. The van der Waals surface area contributed by atoms with Crippen LogP contribution in [0.2, 0.25) is 0 Å². The van der Waals surface area contributed by atoms with Crippen LogP contribution in [-0.4, -0.2) is 43.1 Å². The Morgan fingerprint density at radius 1 is 1.32 bits per heavy atom. The van der Waals surface area contributed by atoms with Gasteiger partial charge in [0.25, 0.3) is 5.91 Å². The van der Waals surface area contributed by atoms with Gasteiger partial charge in [-0.3, -0.25) is 9.69 Å². The van der Waals surface area contributed by atoms with Gasteiger partial charge in [0.05, 0.1) is 0 Å². The second-order valence-corrected chi connectivity index (χ2v) is 6.30. The maximum absolute atomic E-state index is 11.9. The van der Waals surface area contributed by atoms with E-state index in [1.807, 2.05) is 6.07 Å². The number of aryl methyl sites for hydroxylation is 2. The molecule has 0 unspecified atom stereocenters. The molecule has 0 aromatic heterocycles. The molecule has 1 N–H and O–H groups in total. The molecule has 1 fully saturated rings. The summed E-state index contributed by atoms with van der Waals surface area (Å²) in [7, 11) is 0. The van der Waals surface area contributed by atoms with Crippen molar-refractivity contribution in [2.24, 2.45) is 0 Å². The number of rotatable bonds is 6. The summed E-state index contributed by atoms with van der Waals surface area (Å²) in [5.74, 6) is 0.787. The lowest BCUT2D eigenvalue weighted by Gasteiger charge is -2.22. The Balaban J connectivity index is 1.42. The summed E-state index contributed by atoms with van der Waals surface area (Å²) in [6.45, 7) is 5.24. The van der Waals surface area contributed by atoms with Crippen molar-refractivity contribution in [3.8, 4) is 5.75 Å². The minimum Gasteiger partial charge on any atom is -0.484 e. The molecule has 0 spiro atoms. The van der Waals surface area contributed by atoms with E-state index in [4.69, 9.17) is 4.74 Å². The fraction of sp³-hybridized carbons (Fsp3) is 0.611. The van der Waals surface area contributed by atoms with Crippen LogP contribution in [0.15, 0.2) is 18.2 Å². The van der Waals surface area contributed by atoms with Gasteiger partial charge in [0.15, 0.2) is 6.61 Å². The highest BCUT2D eigenvalue weighted by Crippen LogP contribution is 2.25. The number of nitrogens with zero attached hydrogens (tertiary/aromatic N) is 1. The van der Waals surface area contributed by atoms with Crippen LogP contribution in [0.5, 0.6) is 5.75 Å². The minimum atomic E-state index is -0.0246. The number of nitrogens with one attached hydrogen (secondary N) is 1. The Hall–Kier alpha value is -1.55. The first-order valence-corrected chi connectivity index (χ1v) is 8.51. The van der Waals surface area contributed by atoms with E-state index >= 15 is 0 Å². The van der Waals surface area contributed by atoms with Gasteiger partial charge in [-0.2, -0.15) is 0 Å². The Morgan fingerprint density at radius 2 is 2.18 bits per heavy atom. The van der Waals surface area contributed by atoms with Gasteiger partial charge in [-0.15, -0.1) is 0 Å². The van der Waals surface area contributed by atoms with Crippen LogP contribution < -0.4 is 10.1 Å². The second-order valence-electron chi connectivity index (χ2n) is 6.30. The zero-order valence-corrected chi connectivity index (χ0v) is 13.4. The third-order valence-corrected chi connectivity index (χ3v) is 4.88. The van der Waals surface area contributed by atoms with E-state index in [1.54, 1.807) is 0 Å². The minimum absolute atomic E-state index is 0.0246. The fourth-order valence-corrected chi connectivity index (χ4v) is 3.61. The Labute approximate surface area is 132 Å². The highest BCUT2D eigenvalue weighted by atomic mass is 16.5. The van der Waals surface area contributed by atoms with Gasteiger partial charge in [0.2, 0.25) is 0 Å². The Morgan fingerprint density at radius 3 is 3.05 bits per heavy atom. The monoisotopic (exact) mass is 302 g/mol. The van der Waals surface area contributed by atoms with Crippen LogP contribution in [0, 0.1) is 0 Å². The SMILES string of the molecule is CCN1CCC[C@H]1CNC(=O)COc1ccc2c(c1)CCC2. The van der Waals surface area contributed by atoms with Crippen LogP contribution in [0.25, 0.3) is 0 Å². The Bertz CT molecular complexity index is 530. The van der Waals surface area contributed by atoms with Crippen molar-refractivity contribution < 1.29 is 9.53 Å². The van der Waals surface area contributed by atoms with Crippen molar-refractivity contribution in [2.45, 2.75) is 45.1 Å². The number of hydrogen-bond donors (Lipinski definition) is 1. The predicted octanol–water partition coefficient (Wildman–Crippen LogP) is 2.15. The van der Waals surface area contributed by atoms with Crippen LogP contribution in [0.1, 0.15) is 37.3 Å². The molecule has 0 bridgehead atoms. The van der Waals surface area contributed by atoms with E-state index in [1.165, 1.54) is 36.8 Å². The van der Waals surface area contributed by atoms with Crippen molar-refractivity contribution in [1.29, 1.82) is 0 Å². The van der Waals surface area contributed by atoms with Gasteiger partial charge in [-0.05, 0) is 68.5 Å². The number of benzene rings is 1. The standard InChI is InChI=1S/C18H26N2O2/c1-2-20-10-4-7-16(20)12-19-18(21)13-22-17-9-8-14-5-3-6-15(14)11-17/h8-9,11,16H,2-7,10,12-13H2,1H3,(H,19,21)/t16-/m0/s1. The van der Waals surface area contributed by atoms with Gasteiger partial charge >= 0.3 is 0 Å². The maximum Gasteiger partial charge on any atom is 0.257 e. The maximum atomic E-state index is 11.9. The molecule has 1 aromatic rings. The molecular formula is C18H26N2O2. The smallest absolute Gasteiger partial charge is 0.257 e. The molecule has 120 valence electrons. The predicted molar refractivity (Wildman–Crippen MR) is 87.2 cm³/mol. The molecule has 1 aliphatic carbocycles. The lowest BCUT2D eigenvalue weighted by Crippen LogP contribution is -2.41. The van der Waals surface area contributed by atoms with Crippen LogP contribution in [-0.2, 0) is 17.6 Å². The van der Waals surface area contributed by atoms with E-state index in [-0.39, 0.29) is 12.5 Å². The summed E-state index contributed by atoms with van der Waals surface area (Å²) >= 11 is 0. The topological polar surface area (TPSA) is 41.6 Å². The molecule has 1 atom stereocenters. The lowest BCUT2D eigenvalue weighted by atomic mass is 10.1. The average Bonchev–Trinajstić information content (AvgIpc) is 3.18.